The molecule has 0 atom stereocenters. The molecule has 4 saturated carbocycles. The molecule has 0 aliphatic heterocycles. The molecular formula is C26H36O8. The first-order valence-electron chi connectivity index (χ1n) is 12.0. The Hall–Kier alpha value is -2.64. The summed E-state index contributed by atoms with van der Waals surface area (Å²) in [6.07, 6.45) is 6.54. The summed E-state index contributed by atoms with van der Waals surface area (Å²) in [6, 6.07) is 0. The van der Waals surface area contributed by atoms with Gasteiger partial charge >= 0.3 is 23.9 Å². The molecule has 8 nitrogen and oxygen atoms in total. The van der Waals surface area contributed by atoms with Crippen LogP contribution in [0.25, 0.3) is 0 Å². The van der Waals surface area contributed by atoms with Gasteiger partial charge in [0.1, 0.15) is 26.4 Å². The number of esters is 4. The van der Waals surface area contributed by atoms with Gasteiger partial charge in [-0.05, 0) is 75.0 Å². The SMILES string of the molecule is C=C(C)C(=O)OCCOC(=O)CC12CC3CC(C1)CC(CC(=O)OCCOC(=O)C(=C)C)(C3)C2. The Balaban J connectivity index is 1.48. The molecule has 0 aromatic carbocycles. The van der Waals surface area contributed by atoms with Crippen molar-refractivity contribution < 1.29 is 38.1 Å². The molecule has 0 saturated heterocycles. The molecule has 0 spiro atoms. The maximum absolute atomic E-state index is 12.6. The van der Waals surface area contributed by atoms with Gasteiger partial charge in [0.2, 0.25) is 0 Å². The first kappa shape index (κ1) is 26.0. The quantitative estimate of drug-likeness (QED) is 0.182. The number of hydrogen-bond donors (Lipinski definition) is 0. The van der Waals surface area contributed by atoms with Crippen molar-refractivity contribution in [1.82, 2.24) is 0 Å². The van der Waals surface area contributed by atoms with Crippen LogP contribution in [-0.4, -0.2) is 50.3 Å². The number of ether oxygens (including phenoxy) is 4. The van der Waals surface area contributed by atoms with E-state index in [4.69, 9.17) is 18.9 Å². The molecule has 0 N–H and O–H groups in total. The van der Waals surface area contributed by atoms with Gasteiger partial charge in [0.15, 0.2) is 0 Å². The standard InChI is InChI=1S/C26H36O8/c1-17(2)23(29)33-7-5-31-21(27)14-25-10-19-9-20(11-25)13-26(12-19,16-25)15-22(28)32-6-8-34-24(30)18(3)4/h19-20H,1,3,5-16H2,2,4H3. The van der Waals surface area contributed by atoms with E-state index in [2.05, 4.69) is 13.2 Å². The minimum atomic E-state index is -0.500. The third-order valence-corrected chi connectivity index (χ3v) is 7.20. The predicted octanol–water partition coefficient (Wildman–Crippen LogP) is 3.68. The van der Waals surface area contributed by atoms with E-state index < -0.39 is 11.9 Å². The molecule has 0 aromatic rings. The van der Waals surface area contributed by atoms with Crippen LogP contribution >= 0.6 is 0 Å². The first-order valence-corrected chi connectivity index (χ1v) is 12.0. The fraction of sp³-hybridized carbons (Fsp3) is 0.692. The Morgan fingerprint density at radius 3 is 1.38 bits per heavy atom. The molecule has 0 radical (unpaired) electrons. The van der Waals surface area contributed by atoms with Crippen LogP contribution in [-0.2, 0) is 38.1 Å². The number of carbonyl (C=O) groups is 4. The molecular weight excluding hydrogens is 440 g/mol. The zero-order valence-corrected chi connectivity index (χ0v) is 20.3. The van der Waals surface area contributed by atoms with Gasteiger partial charge in [-0.15, -0.1) is 0 Å². The third-order valence-electron chi connectivity index (χ3n) is 7.20. The summed E-state index contributed by atoms with van der Waals surface area (Å²) >= 11 is 0. The fourth-order valence-corrected chi connectivity index (χ4v) is 6.60. The molecule has 8 heteroatoms. The monoisotopic (exact) mass is 476 g/mol. The first-order chi connectivity index (χ1) is 16.0. The zero-order chi connectivity index (χ0) is 24.9. The van der Waals surface area contributed by atoms with Gasteiger partial charge in [-0.3, -0.25) is 9.59 Å². The second-order valence-electron chi connectivity index (χ2n) is 10.6. The van der Waals surface area contributed by atoms with Crippen molar-refractivity contribution in [3.8, 4) is 0 Å². The van der Waals surface area contributed by atoms with Crippen LogP contribution in [0.2, 0.25) is 0 Å². The molecule has 34 heavy (non-hydrogen) atoms. The molecule has 0 aromatic heterocycles. The van der Waals surface area contributed by atoms with Crippen LogP contribution in [0.1, 0.15) is 65.2 Å². The van der Waals surface area contributed by atoms with Crippen molar-refractivity contribution in [2.45, 2.75) is 65.2 Å². The lowest BCUT2D eigenvalue weighted by Crippen LogP contribution is -2.53. The van der Waals surface area contributed by atoms with Crippen molar-refractivity contribution in [2.24, 2.45) is 22.7 Å². The van der Waals surface area contributed by atoms with Gasteiger partial charge < -0.3 is 18.9 Å². The minimum Gasteiger partial charge on any atom is -0.462 e. The van der Waals surface area contributed by atoms with Crippen LogP contribution in [0.5, 0.6) is 0 Å². The Labute approximate surface area is 201 Å². The summed E-state index contributed by atoms with van der Waals surface area (Å²) < 4.78 is 20.6. The molecule has 0 amide bonds. The fourth-order valence-electron chi connectivity index (χ4n) is 6.60. The highest BCUT2D eigenvalue weighted by atomic mass is 16.6. The van der Waals surface area contributed by atoms with Crippen LogP contribution in [0, 0.1) is 22.7 Å². The van der Waals surface area contributed by atoms with Gasteiger partial charge in [0, 0.05) is 11.1 Å². The van der Waals surface area contributed by atoms with E-state index in [-0.39, 0.29) is 49.2 Å². The summed E-state index contributed by atoms with van der Waals surface area (Å²) in [4.78, 5) is 48.0. The summed E-state index contributed by atoms with van der Waals surface area (Å²) in [6.45, 7) is 10.2. The van der Waals surface area contributed by atoms with Gasteiger partial charge in [0.25, 0.3) is 0 Å². The van der Waals surface area contributed by atoms with E-state index in [0.29, 0.717) is 35.8 Å². The van der Waals surface area contributed by atoms with Crippen LogP contribution in [0.4, 0.5) is 0 Å². The van der Waals surface area contributed by atoms with E-state index >= 15 is 0 Å². The Morgan fingerprint density at radius 2 is 1.03 bits per heavy atom. The Morgan fingerprint density at radius 1 is 0.676 bits per heavy atom. The van der Waals surface area contributed by atoms with E-state index in [1.54, 1.807) is 13.8 Å². The smallest absolute Gasteiger partial charge is 0.333 e. The average Bonchev–Trinajstić information content (AvgIpc) is 2.72. The molecule has 0 heterocycles. The molecule has 4 bridgehead atoms. The second-order valence-corrected chi connectivity index (χ2v) is 10.6. The van der Waals surface area contributed by atoms with Crippen molar-refractivity contribution in [2.75, 3.05) is 26.4 Å². The molecule has 188 valence electrons. The number of hydrogen-bond acceptors (Lipinski definition) is 8. The van der Waals surface area contributed by atoms with Crippen molar-refractivity contribution >= 4 is 23.9 Å². The highest BCUT2D eigenvalue weighted by Crippen LogP contribution is 2.67. The maximum atomic E-state index is 12.6. The highest BCUT2D eigenvalue weighted by molar-refractivity contribution is 5.87. The molecule has 4 rings (SSSR count). The Bertz CT molecular complexity index is 777. The molecule has 4 aliphatic carbocycles. The van der Waals surface area contributed by atoms with E-state index in [0.717, 1.165) is 38.5 Å². The van der Waals surface area contributed by atoms with Crippen LogP contribution in [0.3, 0.4) is 0 Å². The van der Waals surface area contributed by atoms with Gasteiger partial charge in [0.05, 0.1) is 12.8 Å². The van der Waals surface area contributed by atoms with E-state index in [9.17, 15) is 19.2 Å². The molecule has 4 fully saturated rings. The number of rotatable bonds is 12. The summed E-state index contributed by atoms with van der Waals surface area (Å²) in [5.74, 6) is -0.555. The second kappa shape index (κ2) is 10.7. The highest BCUT2D eigenvalue weighted by Gasteiger charge is 2.58. The molecule has 4 aliphatic rings. The summed E-state index contributed by atoms with van der Waals surface area (Å²) in [5, 5.41) is 0. The summed E-state index contributed by atoms with van der Waals surface area (Å²) in [5.41, 5.74) is 0.313. The van der Waals surface area contributed by atoms with Crippen LogP contribution in [0.15, 0.2) is 24.3 Å². The van der Waals surface area contributed by atoms with E-state index in [1.165, 1.54) is 0 Å². The number of carbonyl (C=O) groups excluding carboxylic acids is 4. The normalized spacial score (nSPS) is 28.6. The average molecular weight is 477 g/mol. The maximum Gasteiger partial charge on any atom is 0.333 e. The lowest BCUT2D eigenvalue weighted by Gasteiger charge is -2.62. The third kappa shape index (κ3) is 6.70. The van der Waals surface area contributed by atoms with Gasteiger partial charge in [-0.25, -0.2) is 9.59 Å². The minimum absolute atomic E-state index is 0.00708. The predicted molar refractivity (Wildman–Crippen MR) is 122 cm³/mol. The Kier molecular flexibility index (Phi) is 8.21. The van der Waals surface area contributed by atoms with Crippen molar-refractivity contribution in [1.29, 1.82) is 0 Å². The van der Waals surface area contributed by atoms with Crippen molar-refractivity contribution in [3.63, 3.8) is 0 Å². The lowest BCUT2D eigenvalue weighted by molar-refractivity contribution is -0.168. The molecule has 0 unspecified atom stereocenters. The summed E-state index contributed by atoms with van der Waals surface area (Å²) in [7, 11) is 0. The van der Waals surface area contributed by atoms with Crippen LogP contribution < -0.4 is 0 Å². The van der Waals surface area contributed by atoms with Crippen molar-refractivity contribution in [3.05, 3.63) is 24.3 Å². The zero-order valence-electron chi connectivity index (χ0n) is 20.3. The lowest BCUT2D eigenvalue weighted by atomic mass is 9.43. The topological polar surface area (TPSA) is 105 Å². The largest absolute Gasteiger partial charge is 0.462 e. The van der Waals surface area contributed by atoms with Gasteiger partial charge in [-0.2, -0.15) is 0 Å². The van der Waals surface area contributed by atoms with Gasteiger partial charge in [-0.1, -0.05) is 13.2 Å². The van der Waals surface area contributed by atoms with E-state index in [1.807, 2.05) is 0 Å².